The number of benzene rings is 3. The second-order valence-corrected chi connectivity index (χ2v) is 6.61. The van der Waals surface area contributed by atoms with Gasteiger partial charge in [0.25, 0.3) is 5.56 Å². The van der Waals surface area contributed by atoms with Crippen molar-refractivity contribution < 1.29 is 4.79 Å². The summed E-state index contributed by atoms with van der Waals surface area (Å²) in [4.78, 5) is 30.1. The molecule has 1 aromatic heterocycles. The van der Waals surface area contributed by atoms with Crippen LogP contribution in [0.15, 0.2) is 70.6 Å². The highest BCUT2D eigenvalue weighted by Gasteiger charge is 2.28. The number of Topliss-reactive ketones (excluding diaryl/α,β-unsaturated/α-hetero) is 1. The van der Waals surface area contributed by atoms with Gasteiger partial charge in [-0.1, -0.05) is 48.5 Å². The van der Waals surface area contributed by atoms with Crippen LogP contribution in [-0.2, 0) is 6.54 Å². The maximum Gasteiger partial charge on any atom is 0.262 e. The minimum Gasteiger partial charge on any atom is -0.287 e. The van der Waals surface area contributed by atoms with Gasteiger partial charge in [-0.3, -0.25) is 14.2 Å². The molecular formula is C22H16N4O2. The number of fused-ring (bicyclic) bond motifs is 1. The summed E-state index contributed by atoms with van der Waals surface area (Å²) < 4.78 is 1.51. The van der Waals surface area contributed by atoms with Gasteiger partial charge in [-0.25, -0.2) is 10.4 Å². The topological polar surface area (TPSA) is 76.3 Å². The first-order chi connectivity index (χ1) is 13.7. The fraction of sp³-hybridized carbons (Fsp3) is 0.0909. The zero-order valence-electron chi connectivity index (χ0n) is 15.1. The van der Waals surface area contributed by atoms with Crippen LogP contribution < -0.4 is 11.0 Å². The van der Waals surface area contributed by atoms with Crippen molar-refractivity contribution in [3.8, 4) is 0 Å². The average Bonchev–Trinajstić information content (AvgIpc) is 3.00. The molecular weight excluding hydrogens is 352 g/mol. The molecule has 28 heavy (non-hydrogen) atoms. The SMILES string of the molecule is CCn1c(N/N=C2\C(=O)c3cccc4cccc2c34)nc2ccccc2c1=O. The summed E-state index contributed by atoms with van der Waals surface area (Å²) in [5.41, 5.74) is 5.08. The second kappa shape index (κ2) is 6.13. The summed E-state index contributed by atoms with van der Waals surface area (Å²) >= 11 is 0. The fourth-order valence-electron chi connectivity index (χ4n) is 3.74. The maximum absolute atomic E-state index is 12.9. The first kappa shape index (κ1) is 16.4. The molecule has 4 aromatic rings. The Balaban J connectivity index is 1.64. The molecule has 0 radical (unpaired) electrons. The van der Waals surface area contributed by atoms with Crippen LogP contribution in [0.5, 0.6) is 0 Å². The van der Waals surface area contributed by atoms with E-state index in [0.29, 0.717) is 34.7 Å². The molecule has 1 aliphatic rings. The van der Waals surface area contributed by atoms with E-state index in [9.17, 15) is 9.59 Å². The van der Waals surface area contributed by atoms with E-state index in [0.717, 1.165) is 16.3 Å². The summed E-state index contributed by atoms with van der Waals surface area (Å²) in [6.45, 7) is 2.31. The summed E-state index contributed by atoms with van der Waals surface area (Å²) in [5.74, 6) is 0.181. The van der Waals surface area contributed by atoms with E-state index in [1.54, 1.807) is 12.1 Å². The molecule has 5 rings (SSSR count). The lowest BCUT2D eigenvalue weighted by Gasteiger charge is -2.11. The molecule has 3 aromatic carbocycles. The molecule has 136 valence electrons. The number of nitrogens with one attached hydrogen (secondary N) is 1. The third-order valence-corrected chi connectivity index (χ3v) is 5.07. The van der Waals surface area contributed by atoms with E-state index < -0.39 is 0 Å². The van der Waals surface area contributed by atoms with Gasteiger partial charge in [-0.05, 0) is 24.4 Å². The average molecular weight is 368 g/mol. The zero-order chi connectivity index (χ0) is 19.3. The number of aromatic nitrogens is 2. The van der Waals surface area contributed by atoms with Crippen molar-refractivity contribution in [2.45, 2.75) is 13.5 Å². The van der Waals surface area contributed by atoms with Gasteiger partial charge in [0.05, 0.1) is 10.9 Å². The molecule has 1 aliphatic carbocycles. The molecule has 0 atom stereocenters. The lowest BCUT2D eigenvalue weighted by atomic mass is 10.1. The standard InChI is InChI=1S/C22H16N4O2/c1-2-26-21(28)14-9-3-4-12-17(14)23-22(26)25-24-19-15-10-5-7-13-8-6-11-16(18(13)15)20(19)27/h3-12H,2H2,1H3,(H,23,25)/b24-19-. The van der Waals surface area contributed by atoms with Crippen LogP contribution in [0.4, 0.5) is 5.95 Å². The molecule has 1 heterocycles. The van der Waals surface area contributed by atoms with Crippen LogP contribution in [0.3, 0.4) is 0 Å². The Hall–Kier alpha value is -3.80. The highest BCUT2D eigenvalue weighted by molar-refractivity contribution is 6.59. The molecule has 0 unspecified atom stereocenters. The predicted octanol–water partition coefficient (Wildman–Crippen LogP) is 3.58. The lowest BCUT2D eigenvalue weighted by molar-refractivity contribution is 0.107. The highest BCUT2D eigenvalue weighted by Crippen LogP contribution is 2.31. The summed E-state index contributed by atoms with van der Waals surface area (Å²) in [5, 5.41) is 6.83. The number of hydrogen-bond donors (Lipinski definition) is 1. The Labute approximate surface area is 160 Å². The molecule has 0 bridgehead atoms. The van der Waals surface area contributed by atoms with Crippen LogP contribution in [0.2, 0.25) is 0 Å². The van der Waals surface area contributed by atoms with Gasteiger partial charge < -0.3 is 0 Å². The lowest BCUT2D eigenvalue weighted by Crippen LogP contribution is -2.24. The second-order valence-electron chi connectivity index (χ2n) is 6.61. The fourth-order valence-corrected chi connectivity index (χ4v) is 3.74. The van der Waals surface area contributed by atoms with E-state index in [1.165, 1.54) is 4.57 Å². The van der Waals surface area contributed by atoms with E-state index in [-0.39, 0.29) is 11.3 Å². The number of para-hydroxylation sites is 1. The van der Waals surface area contributed by atoms with Gasteiger partial charge >= 0.3 is 0 Å². The van der Waals surface area contributed by atoms with E-state index in [4.69, 9.17) is 0 Å². The van der Waals surface area contributed by atoms with Gasteiger partial charge in [-0.15, -0.1) is 0 Å². The maximum atomic E-state index is 12.9. The minimum absolute atomic E-state index is 0.134. The highest BCUT2D eigenvalue weighted by atomic mass is 16.1. The number of rotatable bonds is 3. The zero-order valence-corrected chi connectivity index (χ0v) is 15.1. The largest absolute Gasteiger partial charge is 0.287 e. The van der Waals surface area contributed by atoms with Crippen LogP contribution >= 0.6 is 0 Å². The monoisotopic (exact) mass is 368 g/mol. The number of nitrogens with zero attached hydrogens (tertiary/aromatic N) is 3. The molecule has 0 saturated heterocycles. The molecule has 1 N–H and O–H groups in total. The van der Waals surface area contributed by atoms with E-state index in [2.05, 4.69) is 15.5 Å². The van der Waals surface area contributed by atoms with Crippen LogP contribution in [0, 0.1) is 0 Å². The Morgan fingerprint density at radius 2 is 1.71 bits per heavy atom. The summed E-state index contributed by atoms with van der Waals surface area (Å²) in [7, 11) is 0. The van der Waals surface area contributed by atoms with Crippen molar-refractivity contribution in [3.05, 3.63) is 82.1 Å². The Kier molecular flexibility index (Phi) is 3.58. The first-order valence-corrected chi connectivity index (χ1v) is 9.09. The van der Waals surface area contributed by atoms with E-state index in [1.807, 2.05) is 55.5 Å². The van der Waals surface area contributed by atoms with Crippen molar-refractivity contribution in [1.29, 1.82) is 0 Å². The number of anilines is 1. The van der Waals surface area contributed by atoms with E-state index >= 15 is 0 Å². The third kappa shape index (κ3) is 2.28. The Morgan fingerprint density at radius 3 is 2.50 bits per heavy atom. The number of carbonyl (C=O) groups excluding carboxylic acids is 1. The van der Waals surface area contributed by atoms with Crippen LogP contribution in [0.25, 0.3) is 21.7 Å². The molecule has 0 amide bonds. The van der Waals surface area contributed by atoms with Gasteiger partial charge in [-0.2, -0.15) is 5.10 Å². The van der Waals surface area contributed by atoms with Crippen LogP contribution in [-0.4, -0.2) is 21.0 Å². The number of carbonyl (C=O) groups is 1. The Bertz CT molecular complexity index is 1360. The van der Waals surface area contributed by atoms with Gasteiger partial charge in [0.1, 0.15) is 5.71 Å². The first-order valence-electron chi connectivity index (χ1n) is 9.09. The number of hydrogen-bond acceptors (Lipinski definition) is 5. The quantitative estimate of drug-likeness (QED) is 0.561. The van der Waals surface area contributed by atoms with Gasteiger partial charge in [0.2, 0.25) is 11.7 Å². The molecule has 6 heteroatoms. The van der Waals surface area contributed by atoms with Crippen molar-refractivity contribution in [2.24, 2.45) is 5.10 Å². The number of ketones is 1. The molecule has 0 saturated carbocycles. The summed E-state index contributed by atoms with van der Waals surface area (Å²) in [6, 6.07) is 18.6. The smallest absolute Gasteiger partial charge is 0.262 e. The molecule has 0 fully saturated rings. The molecule has 0 spiro atoms. The predicted molar refractivity (Wildman–Crippen MR) is 110 cm³/mol. The molecule has 6 nitrogen and oxygen atoms in total. The van der Waals surface area contributed by atoms with Gasteiger partial charge in [0, 0.05) is 23.1 Å². The third-order valence-electron chi connectivity index (χ3n) is 5.07. The minimum atomic E-state index is -0.140. The van der Waals surface area contributed by atoms with Crippen molar-refractivity contribution >= 4 is 39.1 Å². The van der Waals surface area contributed by atoms with Crippen LogP contribution in [0.1, 0.15) is 22.8 Å². The number of hydrazone groups is 1. The van der Waals surface area contributed by atoms with Crippen molar-refractivity contribution in [3.63, 3.8) is 0 Å². The van der Waals surface area contributed by atoms with Crippen molar-refractivity contribution in [1.82, 2.24) is 9.55 Å². The van der Waals surface area contributed by atoms with Crippen molar-refractivity contribution in [2.75, 3.05) is 5.43 Å². The normalized spacial score (nSPS) is 14.3. The Morgan fingerprint density at radius 1 is 0.964 bits per heavy atom. The summed E-state index contributed by atoms with van der Waals surface area (Å²) in [6.07, 6.45) is 0. The van der Waals surface area contributed by atoms with Gasteiger partial charge in [0.15, 0.2) is 0 Å². The molecule has 0 aliphatic heterocycles.